The molecule has 0 spiro atoms. The van der Waals surface area contributed by atoms with Crippen LogP contribution in [0.1, 0.15) is 284 Å². The van der Waals surface area contributed by atoms with Gasteiger partial charge in [0.2, 0.25) is 0 Å². The highest BCUT2D eigenvalue weighted by atomic mass is 31.2. The highest BCUT2D eigenvalue weighted by molar-refractivity contribution is 7.47. The Labute approximate surface area is 405 Å². The normalized spacial score (nSPS) is 13.5. The van der Waals surface area contributed by atoms with Crippen molar-refractivity contribution in [3.63, 3.8) is 0 Å². The lowest BCUT2D eigenvalue weighted by atomic mass is 10.0. The first-order valence-electron chi connectivity index (χ1n) is 28.4. The number of carbonyl (C=O) groups excluding carboxylic acids is 1. The second-order valence-electron chi connectivity index (χ2n) is 20.7. The summed E-state index contributed by atoms with van der Waals surface area (Å²) < 4.78 is 35.3. The van der Waals surface area contributed by atoms with Gasteiger partial charge in [-0.1, -0.05) is 251 Å². The number of phosphoric ester groups is 1. The van der Waals surface area contributed by atoms with Gasteiger partial charge in [-0.2, -0.15) is 0 Å². The molecule has 0 aromatic heterocycles. The van der Waals surface area contributed by atoms with Crippen LogP contribution in [-0.2, 0) is 27.9 Å². The third-order valence-corrected chi connectivity index (χ3v) is 13.8. The number of ether oxygens (including phenoxy) is 2. The van der Waals surface area contributed by atoms with Crippen molar-refractivity contribution >= 4 is 13.8 Å². The maximum atomic E-state index is 12.8. The minimum absolute atomic E-state index is 0.0921. The molecule has 0 radical (unpaired) electrons. The molecule has 2 atom stereocenters. The number of likely N-dealkylation sites (N-methyl/N-ethyl adjacent to an activating group) is 1. The van der Waals surface area contributed by atoms with Gasteiger partial charge in [0.15, 0.2) is 0 Å². The summed E-state index contributed by atoms with van der Waals surface area (Å²) in [7, 11) is 1.69. The van der Waals surface area contributed by atoms with E-state index in [4.69, 9.17) is 18.5 Å². The van der Waals surface area contributed by atoms with Gasteiger partial charge in [-0.25, -0.2) is 4.57 Å². The van der Waals surface area contributed by atoms with Crippen molar-refractivity contribution in [2.75, 3.05) is 54.1 Å². The van der Waals surface area contributed by atoms with Crippen molar-refractivity contribution in [2.45, 2.75) is 290 Å². The molecule has 9 heteroatoms. The molecule has 0 heterocycles. The molecule has 0 saturated carbocycles. The lowest BCUT2D eigenvalue weighted by Gasteiger charge is -2.24. The van der Waals surface area contributed by atoms with E-state index in [1.54, 1.807) is 0 Å². The summed E-state index contributed by atoms with van der Waals surface area (Å²) in [6, 6.07) is 0. The van der Waals surface area contributed by atoms with Gasteiger partial charge in [0.05, 0.1) is 34.4 Å². The molecule has 0 fully saturated rings. The molecule has 65 heavy (non-hydrogen) atoms. The van der Waals surface area contributed by atoms with Crippen LogP contribution in [0.25, 0.3) is 0 Å². The minimum atomic E-state index is -4.28. The number of rotatable bonds is 54. The van der Waals surface area contributed by atoms with E-state index in [9.17, 15) is 14.3 Å². The third-order valence-electron chi connectivity index (χ3n) is 12.8. The summed E-state index contributed by atoms with van der Waals surface area (Å²) in [6.07, 6.45) is 58.4. The van der Waals surface area contributed by atoms with Crippen molar-refractivity contribution in [2.24, 2.45) is 0 Å². The summed E-state index contributed by atoms with van der Waals surface area (Å²) in [5.74, 6) is -0.309. The van der Waals surface area contributed by atoms with Crippen LogP contribution >= 0.6 is 7.82 Å². The molecule has 0 aliphatic heterocycles. The average Bonchev–Trinajstić information content (AvgIpc) is 3.27. The maximum Gasteiger partial charge on any atom is 0.472 e. The number of carbonyl (C=O) groups is 1. The molecule has 388 valence electrons. The van der Waals surface area contributed by atoms with Gasteiger partial charge in [-0.3, -0.25) is 13.8 Å². The summed E-state index contributed by atoms with van der Waals surface area (Å²) in [5.41, 5.74) is 0. The predicted octanol–water partition coefficient (Wildman–Crippen LogP) is 17.7. The molecule has 0 rings (SSSR count). The Bertz CT molecular complexity index is 1050. The van der Waals surface area contributed by atoms with Gasteiger partial charge in [0.25, 0.3) is 0 Å². The number of quaternary nitrogens is 1. The fourth-order valence-corrected chi connectivity index (χ4v) is 9.18. The van der Waals surface area contributed by atoms with Crippen LogP contribution in [-0.4, -0.2) is 75.6 Å². The van der Waals surface area contributed by atoms with Crippen LogP contribution in [0.3, 0.4) is 0 Å². The van der Waals surface area contributed by atoms with Crippen LogP contribution in [0.5, 0.6) is 0 Å². The maximum absolute atomic E-state index is 12.8. The van der Waals surface area contributed by atoms with E-state index < -0.39 is 13.9 Å². The number of allylic oxidation sites excluding steroid dienone is 2. The molecule has 0 amide bonds. The van der Waals surface area contributed by atoms with E-state index in [0.29, 0.717) is 24.1 Å². The fourth-order valence-electron chi connectivity index (χ4n) is 8.43. The minimum Gasteiger partial charge on any atom is -0.457 e. The number of hydrogen-bond acceptors (Lipinski definition) is 6. The van der Waals surface area contributed by atoms with Gasteiger partial charge in [0, 0.05) is 13.0 Å². The molecular weight excluding hydrogens is 830 g/mol. The Balaban J connectivity index is 4.03. The van der Waals surface area contributed by atoms with E-state index >= 15 is 0 Å². The molecular formula is C56H113NO7P+. The topological polar surface area (TPSA) is 91.3 Å². The Hall–Kier alpha value is -0.760. The molecule has 0 saturated heterocycles. The first kappa shape index (κ1) is 64.2. The van der Waals surface area contributed by atoms with Gasteiger partial charge < -0.3 is 18.9 Å². The monoisotopic (exact) mass is 943 g/mol. The number of phosphoric acid groups is 1. The summed E-state index contributed by atoms with van der Waals surface area (Å²) in [4.78, 5) is 23.0. The van der Waals surface area contributed by atoms with Crippen molar-refractivity contribution in [1.82, 2.24) is 0 Å². The first-order valence-corrected chi connectivity index (χ1v) is 29.9. The highest BCUT2D eigenvalue weighted by Crippen LogP contribution is 2.43. The van der Waals surface area contributed by atoms with E-state index in [1.165, 1.54) is 231 Å². The van der Waals surface area contributed by atoms with Gasteiger partial charge in [-0.05, 0) is 38.5 Å². The molecule has 1 N–H and O–H groups in total. The van der Waals surface area contributed by atoms with Crippen LogP contribution in [0.4, 0.5) is 0 Å². The number of esters is 1. The van der Waals surface area contributed by atoms with Crippen molar-refractivity contribution in [3.8, 4) is 0 Å². The van der Waals surface area contributed by atoms with Crippen molar-refractivity contribution in [1.29, 1.82) is 0 Å². The quantitative estimate of drug-likeness (QED) is 0.0213. The van der Waals surface area contributed by atoms with Crippen LogP contribution in [0.2, 0.25) is 0 Å². The van der Waals surface area contributed by atoms with Gasteiger partial charge in [-0.15, -0.1) is 0 Å². The number of nitrogens with zero attached hydrogens (tertiary/aromatic N) is 1. The average molecular weight is 943 g/mol. The molecule has 0 aliphatic carbocycles. The summed E-state index contributed by atoms with van der Waals surface area (Å²) >= 11 is 0. The zero-order valence-corrected chi connectivity index (χ0v) is 45.2. The van der Waals surface area contributed by atoms with E-state index in [2.05, 4.69) is 26.0 Å². The second-order valence-corrected chi connectivity index (χ2v) is 22.1. The second kappa shape index (κ2) is 49.7. The zero-order chi connectivity index (χ0) is 47.6. The smallest absolute Gasteiger partial charge is 0.457 e. The molecule has 0 aromatic rings. The van der Waals surface area contributed by atoms with Crippen LogP contribution in [0.15, 0.2) is 12.2 Å². The summed E-state index contributed by atoms with van der Waals surface area (Å²) in [5, 5.41) is 0. The van der Waals surface area contributed by atoms with Crippen LogP contribution in [0, 0.1) is 0 Å². The standard InChI is InChI=1S/C56H112NO7P/c1-6-8-10-12-14-16-18-20-22-24-26-27-28-29-30-32-34-36-38-40-42-44-46-48-51-61-53-55(54-63-65(59,60)62-52-50-57(3,4)5)64-56(58)49-47-45-43-41-39-37-35-33-31-25-23-21-19-17-15-13-11-9-7-2/h21,23,55H,6-20,22,24-54H2,1-5H3/p+1/b23-21-. The number of hydrogen-bond donors (Lipinski definition) is 1. The molecule has 0 bridgehead atoms. The van der Waals surface area contributed by atoms with E-state index in [0.717, 1.165) is 32.1 Å². The van der Waals surface area contributed by atoms with Crippen molar-refractivity contribution in [3.05, 3.63) is 12.2 Å². The Morgan fingerprint density at radius 3 is 1.17 bits per heavy atom. The van der Waals surface area contributed by atoms with E-state index in [-0.39, 0.29) is 25.8 Å². The van der Waals surface area contributed by atoms with Gasteiger partial charge in [0.1, 0.15) is 19.3 Å². The Morgan fingerprint density at radius 2 is 0.800 bits per heavy atom. The SMILES string of the molecule is CCCCCCCC/C=C\CCCCCCCCCCCC(=O)OC(COCCCCCCCCCCCCCCCCCCCCCCCCCC)COP(=O)(O)OCC[N+](C)(C)C. The third kappa shape index (κ3) is 54.1. The molecule has 0 aliphatic rings. The van der Waals surface area contributed by atoms with E-state index in [1.807, 2.05) is 21.1 Å². The lowest BCUT2D eigenvalue weighted by Crippen LogP contribution is -2.37. The lowest BCUT2D eigenvalue weighted by molar-refractivity contribution is -0.870. The van der Waals surface area contributed by atoms with Crippen molar-refractivity contribution < 1.29 is 37.3 Å². The van der Waals surface area contributed by atoms with Crippen LogP contribution < -0.4 is 0 Å². The Morgan fingerprint density at radius 1 is 0.462 bits per heavy atom. The molecule has 0 aromatic carbocycles. The number of unbranched alkanes of at least 4 members (excludes halogenated alkanes) is 38. The first-order chi connectivity index (χ1) is 31.6. The largest absolute Gasteiger partial charge is 0.472 e. The molecule has 8 nitrogen and oxygen atoms in total. The van der Waals surface area contributed by atoms with Gasteiger partial charge >= 0.3 is 13.8 Å². The zero-order valence-electron chi connectivity index (χ0n) is 44.3. The molecule has 2 unspecified atom stereocenters. The highest BCUT2D eigenvalue weighted by Gasteiger charge is 2.26. The summed E-state index contributed by atoms with van der Waals surface area (Å²) in [6.45, 7) is 5.69. The predicted molar refractivity (Wildman–Crippen MR) is 280 cm³/mol. The fraction of sp³-hybridized carbons (Fsp3) is 0.946. The Kier molecular flexibility index (Phi) is 49.1.